The Kier molecular flexibility index (Phi) is 6.30. The van der Waals surface area contributed by atoms with Gasteiger partial charge in [-0.25, -0.2) is 4.98 Å². The largest absolute Gasteiger partial charge is 0.494 e. The monoisotopic (exact) mass is 390 g/mol. The van der Waals surface area contributed by atoms with E-state index < -0.39 is 0 Å². The number of carbonyl (C=O) groups excluding carboxylic acids is 1. The number of halogens is 1. The molecule has 0 atom stereocenters. The smallest absolute Gasteiger partial charge is 0.264 e. The number of amides is 1. The van der Waals surface area contributed by atoms with Crippen molar-refractivity contribution in [3.8, 4) is 11.5 Å². The minimum atomic E-state index is -0.275. The lowest BCUT2D eigenvalue weighted by molar-refractivity contribution is -0.118. The van der Waals surface area contributed by atoms with Gasteiger partial charge in [0.1, 0.15) is 11.5 Å². The fourth-order valence-corrected chi connectivity index (χ4v) is 3.33. The molecule has 0 aliphatic carbocycles. The molecule has 5 nitrogen and oxygen atoms in total. The Hall–Kier alpha value is -2.31. The minimum absolute atomic E-state index is 0.109. The molecule has 3 rings (SSSR count). The number of benzene rings is 2. The van der Waals surface area contributed by atoms with Gasteiger partial charge in [0.05, 0.1) is 16.8 Å². The molecule has 0 radical (unpaired) electrons. The number of hydrogen-bond donors (Lipinski definition) is 1. The number of anilines is 1. The van der Waals surface area contributed by atoms with Gasteiger partial charge < -0.3 is 9.47 Å². The summed E-state index contributed by atoms with van der Waals surface area (Å²) in [5.74, 6) is 1.09. The number of aromatic nitrogens is 1. The Morgan fingerprint density at radius 2 is 2.04 bits per heavy atom. The highest BCUT2D eigenvalue weighted by Crippen LogP contribution is 2.29. The Morgan fingerprint density at radius 3 is 2.85 bits per heavy atom. The van der Waals surface area contributed by atoms with E-state index in [1.54, 1.807) is 24.3 Å². The van der Waals surface area contributed by atoms with Gasteiger partial charge in [-0.1, -0.05) is 42.3 Å². The van der Waals surface area contributed by atoms with Crippen molar-refractivity contribution in [3.63, 3.8) is 0 Å². The van der Waals surface area contributed by atoms with Gasteiger partial charge >= 0.3 is 0 Å². The van der Waals surface area contributed by atoms with Gasteiger partial charge in [-0.2, -0.15) is 0 Å². The van der Waals surface area contributed by atoms with Gasteiger partial charge in [-0.15, -0.1) is 0 Å². The number of carbonyl (C=O) groups is 1. The number of hydrogen-bond acceptors (Lipinski definition) is 5. The van der Waals surface area contributed by atoms with Crippen LogP contribution in [0.5, 0.6) is 11.5 Å². The molecule has 7 heteroatoms. The molecule has 1 N–H and O–H groups in total. The Morgan fingerprint density at radius 1 is 1.19 bits per heavy atom. The maximum atomic E-state index is 12.1. The van der Waals surface area contributed by atoms with Crippen LogP contribution in [0.1, 0.15) is 19.8 Å². The molecule has 0 spiro atoms. The second-order valence-corrected chi connectivity index (χ2v) is 7.11. The molecule has 3 aromatic rings. The molecule has 1 heterocycles. The van der Waals surface area contributed by atoms with Crippen LogP contribution in [0.4, 0.5) is 5.13 Å². The van der Waals surface area contributed by atoms with Gasteiger partial charge in [0.25, 0.3) is 5.91 Å². The van der Waals surface area contributed by atoms with Crippen LogP contribution in [0.25, 0.3) is 10.2 Å². The number of nitrogens with one attached hydrogen (secondary N) is 1. The van der Waals surface area contributed by atoms with Crippen LogP contribution < -0.4 is 14.8 Å². The summed E-state index contributed by atoms with van der Waals surface area (Å²) >= 11 is 7.29. The third-order valence-electron chi connectivity index (χ3n) is 3.54. The maximum absolute atomic E-state index is 12.1. The highest BCUT2D eigenvalue weighted by atomic mass is 35.5. The first-order chi connectivity index (χ1) is 12.6. The van der Waals surface area contributed by atoms with Crippen molar-refractivity contribution >= 4 is 44.2 Å². The van der Waals surface area contributed by atoms with E-state index in [9.17, 15) is 4.79 Å². The molecule has 26 heavy (non-hydrogen) atoms. The zero-order chi connectivity index (χ0) is 18.4. The Bertz CT molecular complexity index is 897. The Labute approximate surface area is 160 Å². The summed E-state index contributed by atoms with van der Waals surface area (Å²) in [4.78, 5) is 16.5. The summed E-state index contributed by atoms with van der Waals surface area (Å²) in [5.41, 5.74) is 0.823. The van der Waals surface area contributed by atoms with Crippen molar-refractivity contribution in [2.75, 3.05) is 18.5 Å². The highest BCUT2D eigenvalue weighted by molar-refractivity contribution is 7.22. The van der Waals surface area contributed by atoms with E-state index in [1.807, 2.05) is 18.2 Å². The molecule has 136 valence electrons. The third-order valence-corrected chi connectivity index (χ3v) is 4.71. The summed E-state index contributed by atoms with van der Waals surface area (Å²) in [6.45, 7) is 2.72. The van der Waals surface area contributed by atoms with Crippen molar-refractivity contribution in [3.05, 3.63) is 47.5 Å². The van der Waals surface area contributed by atoms with Crippen molar-refractivity contribution in [2.45, 2.75) is 19.8 Å². The molecule has 0 saturated carbocycles. The number of thiazole rings is 1. The second-order valence-electron chi connectivity index (χ2n) is 5.64. The zero-order valence-corrected chi connectivity index (χ0v) is 15.9. The lowest BCUT2D eigenvalue weighted by Crippen LogP contribution is -2.19. The van der Waals surface area contributed by atoms with Crippen molar-refractivity contribution in [2.24, 2.45) is 0 Å². The summed E-state index contributed by atoms with van der Waals surface area (Å²) in [6, 6.07) is 12.7. The molecule has 0 aliphatic heterocycles. The molecular weight excluding hydrogens is 372 g/mol. The molecule has 0 bridgehead atoms. The van der Waals surface area contributed by atoms with E-state index in [1.165, 1.54) is 11.3 Å². The van der Waals surface area contributed by atoms with Gasteiger partial charge in [-0.05, 0) is 42.8 Å². The average molecular weight is 391 g/mol. The quantitative estimate of drug-likeness (QED) is 0.540. The predicted octanol–water partition coefficient (Wildman–Crippen LogP) is 5.15. The van der Waals surface area contributed by atoms with Crippen molar-refractivity contribution in [1.29, 1.82) is 0 Å². The number of ether oxygens (including phenoxy) is 2. The van der Waals surface area contributed by atoms with E-state index in [-0.39, 0.29) is 12.5 Å². The van der Waals surface area contributed by atoms with E-state index in [4.69, 9.17) is 21.1 Å². The van der Waals surface area contributed by atoms with Crippen LogP contribution in [-0.4, -0.2) is 24.1 Å². The number of fused-ring (bicyclic) bond motifs is 1. The first kappa shape index (κ1) is 18.5. The van der Waals surface area contributed by atoms with Gasteiger partial charge in [0.15, 0.2) is 11.7 Å². The third kappa shape index (κ3) is 5.09. The van der Waals surface area contributed by atoms with Crippen LogP contribution in [0.2, 0.25) is 5.02 Å². The summed E-state index contributed by atoms with van der Waals surface area (Å²) in [7, 11) is 0. The lowest BCUT2D eigenvalue weighted by atomic mass is 10.3. The van der Waals surface area contributed by atoms with Gasteiger partial charge in [-0.3, -0.25) is 10.1 Å². The SMILES string of the molecule is CCCCOc1ccc2nc(NC(=O)COc3cccc(Cl)c3)sc2c1. The minimum Gasteiger partial charge on any atom is -0.494 e. The summed E-state index contributed by atoms with van der Waals surface area (Å²) < 4.78 is 12.1. The number of unbranched alkanes of at least 4 members (excludes halogenated alkanes) is 1. The van der Waals surface area contributed by atoms with E-state index in [0.29, 0.717) is 22.5 Å². The van der Waals surface area contributed by atoms with Crippen LogP contribution in [-0.2, 0) is 4.79 Å². The number of nitrogens with zero attached hydrogens (tertiary/aromatic N) is 1. The van der Waals surface area contributed by atoms with Gasteiger partial charge in [0.2, 0.25) is 0 Å². The second kappa shape index (κ2) is 8.87. The van der Waals surface area contributed by atoms with Crippen LogP contribution in [0.15, 0.2) is 42.5 Å². The molecular formula is C19H19ClN2O3S. The number of rotatable bonds is 8. The molecule has 1 amide bonds. The van der Waals surface area contributed by atoms with Crippen LogP contribution in [0, 0.1) is 0 Å². The lowest BCUT2D eigenvalue weighted by Gasteiger charge is -2.05. The van der Waals surface area contributed by atoms with E-state index >= 15 is 0 Å². The molecule has 0 aliphatic rings. The first-order valence-electron chi connectivity index (χ1n) is 8.35. The van der Waals surface area contributed by atoms with Crippen LogP contribution in [0.3, 0.4) is 0 Å². The normalized spacial score (nSPS) is 10.7. The molecule has 0 fully saturated rings. The average Bonchev–Trinajstić information content (AvgIpc) is 3.02. The molecule has 2 aromatic carbocycles. The standard InChI is InChI=1S/C19H19ClN2O3S/c1-2-3-9-24-15-7-8-16-17(11-15)26-19(21-16)22-18(23)12-25-14-6-4-5-13(20)10-14/h4-8,10-11H,2-3,9,12H2,1H3,(H,21,22,23). The molecule has 0 unspecified atom stereocenters. The molecule has 0 saturated heterocycles. The van der Waals surface area contributed by atoms with Gasteiger partial charge in [0, 0.05) is 5.02 Å². The Balaban J connectivity index is 1.58. The first-order valence-corrected chi connectivity index (χ1v) is 9.55. The van der Waals surface area contributed by atoms with E-state index in [2.05, 4.69) is 17.2 Å². The fraction of sp³-hybridized carbons (Fsp3) is 0.263. The summed E-state index contributed by atoms with van der Waals surface area (Å²) in [6.07, 6.45) is 2.12. The predicted molar refractivity (Wildman–Crippen MR) is 106 cm³/mol. The summed E-state index contributed by atoms with van der Waals surface area (Å²) in [5, 5.41) is 3.85. The van der Waals surface area contributed by atoms with E-state index in [0.717, 1.165) is 28.8 Å². The van der Waals surface area contributed by atoms with Crippen molar-refractivity contribution < 1.29 is 14.3 Å². The topological polar surface area (TPSA) is 60.5 Å². The zero-order valence-electron chi connectivity index (χ0n) is 14.3. The highest BCUT2D eigenvalue weighted by Gasteiger charge is 2.10. The molecule has 1 aromatic heterocycles. The maximum Gasteiger partial charge on any atom is 0.264 e. The fourth-order valence-electron chi connectivity index (χ4n) is 2.24. The van der Waals surface area contributed by atoms with Crippen LogP contribution >= 0.6 is 22.9 Å². The van der Waals surface area contributed by atoms with Crippen molar-refractivity contribution in [1.82, 2.24) is 4.98 Å².